The van der Waals surface area contributed by atoms with E-state index in [0.717, 1.165) is 9.87 Å². The van der Waals surface area contributed by atoms with Crippen molar-refractivity contribution in [1.29, 1.82) is 0 Å². The Bertz CT molecular complexity index is 1400. The first-order chi connectivity index (χ1) is 16.6. The van der Waals surface area contributed by atoms with E-state index in [1.807, 2.05) is 6.92 Å². The molecule has 0 saturated carbocycles. The van der Waals surface area contributed by atoms with Crippen molar-refractivity contribution in [1.82, 2.24) is 5.43 Å². The number of carbonyl (C=O) groups excluding carboxylic acids is 1. The molecule has 4 rings (SSSR count). The number of rotatable bonds is 7. The fraction of sp³-hybridized carbons (Fsp3) is 0.130. The molecule has 0 unspecified atom stereocenters. The van der Waals surface area contributed by atoms with Crippen LogP contribution in [0.4, 0.5) is 5.69 Å². The topological polar surface area (TPSA) is 97.3 Å². The zero-order valence-electron chi connectivity index (χ0n) is 18.2. The second-order valence-electron chi connectivity index (χ2n) is 7.47. The molecule has 3 aromatic rings. The molecule has 3 aromatic carbocycles. The summed E-state index contributed by atoms with van der Waals surface area (Å²) in [4.78, 5) is 12.8. The third-order valence-electron chi connectivity index (χ3n) is 4.92. The normalized spacial score (nSPS) is 12.7. The Hall–Kier alpha value is -2.79. The second kappa shape index (κ2) is 10.4. The molecule has 0 atom stereocenters. The summed E-state index contributed by atoms with van der Waals surface area (Å²) in [5.74, 6) is 0.467. The van der Waals surface area contributed by atoms with Crippen molar-refractivity contribution in [3.8, 4) is 11.5 Å². The van der Waals surface area contributed by atoms with Gasteiger partial charge in [-0.2, -0.15) is 5.10 Å². The number of hydrazone groups is 1. The summed E-state index contributed by atoms with van der Waals surface area (Å²) in [6.45, 7) is 1.40. The average Bonchev–Trinajstić information content (AvgIpc) is 3.24. The molecule has 1 N–H and O–H groups in total. The third-order valence-corrected chi connectivity index (χ3v) is 7.83. The predicted molar refractivity (Wildman–Crippen MR) is 138 cm³/mol. The van der Waals surface area contributed by atoms with Gasteiger partial charge in [-0.3, -0.25) is 9.10 Å². The van der Waals surface area contributed by atoms with Gasteiger partial charge in [-0.1, -0.05) is 40.9 Å². The summed E-state index contributed by atoms with van der Waals surface area (Å²) in [6.07, 6.45) is 1.40. The number of sulfonamides is 1. The molecular weight excluding hydrogens is 581 g/mol. The van der Waals surface area contributed by atoms with Gasteiger partial charge in [-0.25, -0.2) is 13.8 Å². The van der Waals surface area contributed by atoms with Crippen LogP contribution in [-0.4, -0.2) is 33.9 Å². The number of aryl methyl sites for hydroxylation is 1. The van der Waals surface area contributed by atoms with Crippen LogP contribution >= 0.6 is 39.1 Å². The van der Waals surface area contributed by atoms with Gasteiger partial charge in [0.15, 0.2) is 11.5 Å². The molecule has 1 heterocycles. The molecule has 0 spiro atoms. The van der Waals surface area contributed by atoms with Crippen LogP contribution in [0.15, 0.2) is 69.1 Å². The number of nitrogens with zero attached hydrogens (tertiary/aromatic N) is 2. The van der Waals surface area contributed by atoms with Crippen molar-refractivity contribution in [3.63, 3.8) is 0 Å². The fourth-order valence-electron chi connectivity index (χ4n) is 3.21. The summed E-state index contributed by atoms with van der Waals surface area (Å²) in [5, 5.41) is 4.40. The smallest absolute Gasteiger partial charge is 0.264 e. The highest BCUT2D eigenvalue weighted by Crippen LogP contribution is 2.36. The zero-order chi connectivity index (χ0) is 25.2. The monoisotopic (exact) mass is 597 g/mol. The van der Waals surface area contributed by atoms with Gasteiger partial charge in [-0.15, -0.1) is 0 Å². The number of amides is 1. The van der Waals surface area contributed by atoms with Crippen molar-refractivity contribution >= 4 is 67.0 Å². The summed E-state index contributed by atoms with van der Waals surface area (Å²) < 4.78 is 39.1. The predicted octanol–water partition coefficient (Wildman–Crippen LogP) is 5.14. The largest absolute Gasteiger partial charge is 0.454 e. The highest BCUT2D eigenvalue weighted by molar-refractivity contribution is 9.10. The van der Waals surface area contributed by atoms with Crippen molar-refractivity contribution in [2.45, 2.75) is 11.8 Å². The number of halogens is 3. The number of ether oxygens (including phenoxy) is 2. The molecular formula is C23H18BrCl2N3O5S. The molecule has 0 radical (unpaired) electrons. The Labute approximate surface area is 220 Å². The Morgan fingerprint density at radius 2 is 1.71 bits per heavy atom. The minimum Gasteiger partial charge on any atom is -0.454 e. The molecule has 0 fully saturated rings. The zero-order valence-corrected chi connectivity index (χ0v) is 22.1. The van der Waals surface area contributed by atoms with Gasteiger partial charge in [0.2, 0.25) is 6.79 Å². The van der Waals surface area contributed by atoms with E-state index in [1.54, 1.807) is 24.3 Å². The number of carbonyl (C=O) groups is 1. The number of hydrogen-bond donors (Lipinski definition) is 1. The average molecular weight is 599 g/mol. The number of fused-ring (bicyclic) bond motifs is 1. The summed E-state index contributed by atoms with van der Waals surface area (Å²) in [5.41, 5.74) is 4.01. The maximum Gasteiger partial charge on any atom is 0.264 e. The summed E-state index contributed by atoms with van der Waals surface area (Å²) in [6, 6.07) is 14.0. The standard InChI is InChI=1S/C23H18BrCl2N3O5S/c1-14-2-4-19(5-3-14)35(31,32)29(18-8-16(25)7-17(26)9-18)12-23(30)28-27-11-15-6-21-22(10-20(15)24)34-13-33-21/h2-11H,12-13H2,1H3,(H,28,30)/b27-11-. The first-order valence-electron chi connectivity index (χ1n) is 10.1. The van der Waals surface area contributed by atoms with E-state index in [1.165, 1.54) is 36.5 Å². The van der Waals surface area contributed by atoms with Gasteiger partial charge in [0, 0.05) is 20.1 Å². The second-order valence-corrected chi connectivity index (χ2v) is 11.1. The fourth-order valence-corrected chi connectivity index (χ4v) is 5.55. The van der Waals surface area contributed by atoms with Crippen LogP contribution in [0.3, 0.4) is 0 Å². The molecule has 182 valence electrons. The van der Waals surface area contributed by atoms with E-state index >= 15 is 0 Å². The molecule has 12 heteroatoms. The number of anilines is 1. The van der Waals surface area contributed by atoms with Crippen LogP contribution in [0.5, 0.6) is 11.5 Å². The van der Waals surface area contributed by atoms with E-state index in [2.05, 4.69) is 26.5 Å². The number of nitrogens with one attached hydrogen (secondary N) is 1. The van der Waals surface area contributed by atoms with Gasteiger partial charge < -0.3 is 9.47 Å². The lowest BCUT2D eigenvalue weighted by atomic mass is 10.2. The lowest BCUT2D eigenvalue weighted by Crippen LogP contribution is -2.39. The van der Waals surface area contributed by atoms with Gasteiger partial charge in [0.05, 0.1) is 16.8 Å². The lowest BCUT2D eigenvalue weighted by Gasteiger charge is -2.24. The van der Waals surface area contributed by atoms with Gasteiger partial charge in [0.1, 0.15) is 6.54 Å². The van der Waals surface area contributed by atoms with Crippen LogP contribution in [0.2, 0.25) is 10.0 Å². The van der Waals surface area contributed by atoms with Gasteiger partial charge in [-0.05, 0) is 65.3 Å². The van der Waals surface area contributed by atoms with Crippen molar-refractivity contribution in [2.24, 2.45) is 5.10 Å². The maximum atomic E-state index is 13.4. The highest BCUT2D eigenvalue weighted by atomic mass is 79.9. The van der Waals surface area contributed by atoms with E-state index in [9.17, 15) is 13.2 Å². The highest BCUT2D eigenvalue weighted by Gasteiger charge is 2.28. The SMILES string of the molecule is Cc1ccc(S(=O)(=O)N(CC(=O)N/N=C\c2cc3c(cc2Br)OCO3)c2cc(Cl)cc(Cl)c2)cc1. The summed E-state index contributed by atoms with van der Waals surface area (Å²) >= 11 is 15.6. The quantitative estimate of drug-likeness (QED) is 0.300. The molecule has 8 nitrogen and oxygen atoms in total. The van der Waals surface area contributed by atoms with E-state index in [4.69, 9.17) is 32.7 Å². The molecule has 1 aliphatic heterocycles. The molecule has 1 aliphatic rings. The molecule has 0 bridgehead atoms. The first kappa shape index (κ1) is 25.3. The van der Waals surface area contributed by atoms with Crippen LogP contribution in [0, 0.1) is 6.92 Å². The molecule has 1 amide bonds. The van der Waals surface area contributed by atoms with Gasteiger partial charge >= 0.3 is 0 Å². The summed E-state index contributed by atoms with van der Waals surface area (Å²) in [7, 11) is -4.12. The van der Waals surface area contributed by atoms with Crippen LogP contribution in [-0.2, 0) is 14.8 Å². The first-order valence-corrected chi connectivity index (χ1v) is 13.1. The Morgan fingerprint density at radius 3 is 2.37 bits per heavy atom. The van der Waals surface area contributed by atoms with Crippen LogP contribution < -0.4 is 19.2 Å². The van der Waals surface area contributed by atoms with E-state index in [-0.39, 0.29) is 27.4 Å². The van der Waals surface area contributed by atoms with Crippen LogP contribution in [0.25, 0.3) is 0 Å². The molecule has 0 aliphatic carbocycles. The molecule has 0 aromatic heterocycles. The van der Waals surface area contributed by atoms with Crippen LogP contribution in [0.1, 0.15) is 11.1 Å². The Kier molecular flexibility index (Phi) is 7.56. The Balaban J connectivity index is 1.58. The van der Waals surface area contributed by atoms with Crippen molar-refractivity contribution < 1.29 is 22.7 Å². The number of benzene rings is 3. The van der Waals surface area contributed by atoms with Crippen molar-refractivity contribution in [2.75, 3.05) is 17.6 Å². The molecule has 35 heavy (non-hydrogen) atoms. The minimum atomic E-state index is -4.12. The number of hydrogen-bond acceptors (Lipinski definition) is 6. The lowest BCUT2D eigenvalue weighted by molar-refractivity contribution is -0.119. The third kappa shape index (κ3) is 5.90. The Morgan fingerprint density at radius 1 is 1.09 bits per heavy atom. The maximum absolute atomic E-state index is 13.4. The van der Waals surface area contributed by atoms with E-state index < -0.39 is 22.5 Å². The van der Waals surface area contributed by atoms with E-state index in [0.29, 0.717) is 21.5 Å². The minimum absolute atomic E-state index is 0.0137. The molecule has 0 saturated heterocycles. The van der Waals surface area contributed by atoms with Crippen molar-refractivity contribution in [3.05, 3.63) is 80.2 Å². The van der Waals surface area contributed by atoms with Gasteiger partial charge in [0.25, 0.3) is 15.9 Å².